The second kappa shape index (κ2) is 5.04. The fourth-order valence-corrected chi connectivity index (χ4v) is 2.21. The zero-order valence-corrected chi connectivity index (χ0v) is 10.1. The normalized spacial score (nSPS) is 10.2. The molecule has 0 atom stereocenters. The Kier molecular flexibility index (Phi) is 3.47. The summed E-state index contributed by atoms with van der Waals surface area (Å²) in [5.41, 5.74) is 1.42. The maximum Gasteiger partial charge on any atom is 0.172 e. The second-order valence-electron chi connectivity index (χ2n) is 3.49. The number of aliphatic hydroxyl groups is 1. The minimum absolute atomic E-state index is 0.0164. The van der Waals surface area contributed by atoms with Gasteiger partial charge in [0.15, 0.2) is 5.16 Å². The Morgan fingerprint density at radius 2 is 2.12 bits per heavy atom. The predicted octanol–water partition coefficient (Wildman–Crippen LogP) is 1.94. The molecule has 1 N–H and O–H groups in total. The lowest BCUT2D eigenvalue weighted by molar-refractivity contribution is 0.271. The van der Waals surface area contributed by atoms with Crippen LogP contribution >= 0.6 is 11.8 Å². The van der Waals surface area contributed by atoms with Gasteiger partial charge in [-0.25, -0.2) is 4.98 Å². The van der Waals surface area contributed by atoms with E-state index >= 15 is 0 Å². The number of imidazole rings is 1. The molecule has 0 aliphatic carbocycles. The number of hydrogen-bond donors (Lipinski definition) is 1. The smallest absolute Gasteiger partial charge is 0.172 e. The van der Waals surface area contributed by atoms with Crippen LogP contribution in [0.4, 0.5) is 0 Å². The Morgan fingerprint density at radius 3 is 2.65 bits per heavy atom. The summed E-state index contributed by atoms with van der Waals surface area (Å²) >= 11 is 1.50. The molecule has 0 spiro atoms. The molecule has 0 bridgehead atoms. The highest BCUT2D eigenvalue weighted by atomic mass is 32.2. The van der Waals surface area contributed by atoms with E-state index in [1.165, 1.54) is 11.8 Å². The molecular formula is C12H11N3OS. The largest absolute Gasteiger partial charge is 0.390 e. The van der Waals surface area contributed by atoms with E-state index in [9.17, 15) is 0 Å². The number of rotatable bonds is 3. The van der Waals surface area contributed by atoms with E-state index in [4.69, 9.17) is 10.4 Å². The molecule has 0 aliphatic rings. The minimum atomic E-state index is -0.0164. The average molecular weight is 245 g/mol. The lowest BCUT2D eigenvalue weighted by Gasteiger charge is -2.03. The summed E-state index contributed by atoms with van der Waals surface area (Å²) in [6.45, 7) is -0.0164. The molecule has 1 aromatic carbocycles. The van der Waals surface area contributed by atoms with Crippen LogP contribution in [0.5, 0.6) is 0 Å². The molecule has 0 saturated carbocycles. The highest BCUT2D eigenvalue weighted by Crippen LogP contribution is 2.26. The molecule has 17 heavy (non-hydrogen) atoms. The average Bonchev–Trinajstić information content (AvgIpc) is 2.71. The van der Waals surface area contributed by atoms with Gasteiger partial charge in [0, 0.05) is 11.9 Å². The van der Waals surface area contributed by atoms with Crippen molar-refractivity contribution in [3.63, 3.8) is 0 Å². The van der Waals surface area contributed by atoms with Gasteiger partial charge in [-0.15, -0.1) is 0 Å². The molecular weight excluding hydrogens is 234 g/mol. The van der Waals surface area contributed by atoms with Gasteiger partial charge < -0.3 is 9.67 Å². The Labute approximate surface area is 104 Å². The van der Waals surface area contributed by atoms with Crippen LogP contribution in [0.1, 0.15) is 11.3 Å². The molecule has 4 nitrogen and oxygen atoms in total. The lowest BCUT2D eigenvalue weighted by atomic mass is 10.2. The molecule has 86 valence electrons. The molecule has 1 heterocycles. The van der Waals surface area contributed by atoms with Crippen molar-refractivity contribution in [3.05, 3.63) is 41.7 Å². The minimum Gasteiger partial charge on any atom is -0.390 e. The quantitative estimate of drug-likeness (QED) is 0.897. The van der Waals surface area contributed by atoms with Crippen LogP contribution in [-0.4, -0.2) is 14.7 Å². The van der Waals surface area contributed by atoms with Crippen LogP contribution in [0, 0.1) is 11.3 Å². The lowest BCUT2D eigenvalue weighted by Crippen LogP contribution is -1.96. The molecule has 1 aromatic heterocycles. The Balaban J connectivity index is 2.20. The number of benzene rings is 1. The van der Waals surface area contributed by atoms with Crippen molar-refractivity contribution in [2.75, 3.05) is 0 Å². The van der Waals surface area contributed by atoms with Crippen LogP contribution in [0.2, 0.25) is 0 Å². The summed E-state index contributed by atoms with van der Waals surface area (Å²) < 4.78 is 1.85. The maximum atomic E-state index is 9.06. The highest BCUT2D eigenvalue weighted by molar-refractivity contribution is 7.99. The van der Waals surface area contributed by atoms with E-state index in [1.54, 1.807) is 18.3 Å². The van der Waals surface area contributed by atoms with Gasteiger partial charge >= 0.3 is 0 Å². The van der Waals surface area contributed by atoms with Crippen molar-refractivity contribution < 1.29 is 5.11 Å². The first kappa shape index (κ1) is 11.7. The van der Waals surface area contributed by atoms with Crippen molar-refractivity contribution >= 4 is 11.8 Å². The SMILES string of the molecule is Cn1c(CO)cnc1Sc1ccc(C#N)cc1. The third-order valence-electron chi connectivity index (χ3n) is 2.40. The Hall–Kier alpha value is -1.77. The number of nitriles is 1. The molecule has 0 unspecified atom stereocenters. The number of aliphatic hydroxyl groups excluding tert-OH is 1. The van der Waals surface area contributed by atoms with Gasteiger partial charge in [0.05, 0.1) is 30.1 Å². The number of nitrogens with zero attached hydrogens (tertiary/aromatic N) is 3. The summed E-state index contributed by atoms with van der Waals surface area (Å²) in [5, 5.41) is 18.6. The van der Waals surface area contributed by atoms with Gasteiger partial charge in [0.1, 0.15) is 0 Å². The summed E-state index contributed by atoms with van der Waals surface area (Å²) in [4.78, 5) is 5.24. The van der Waals surface area contributed by atoms with Gasteiger partial charge in [-0.2, -0.15) is 5.26 Å². The van der Waals surface area contributed by atoms with Crippen LogP contribution in [0.3, 0.4) is 0 Å². The highest BCUT2D eigenvalue weighted by Gasteiger charge is 2.07. The summed E-state index contributed by atoms with van der Waals surface area (Å²) in [7, 11) is 1.87. The Morgan fingerprint density at radius 1 is 1.41 bits per heavy atom. The molecule has 0 amide bonds. The summed E-state index contributed by atoms with van der Waals surface area (Å²) in [6, 6.07) is 9.40. The van der Waals surface area contributed by atoms with Crippen LogP contribution in [-0.2, 0) is 13.7 Å². The zero-order valence-electron chi connectivity index (χ0n) is 9.29. The molecule has 5 heteroatoms. The van der Waals surface area contributed by atoms with Crippen molar-refractivity contribution in [1.82, 2.24) is 9.55 Å². The van der Waals surface area contributed by atoms with Gasteiger partial charge in [-0.1, -0.05) is 11.8 Å². The van der Waals surface area contributed by atoms with Gasteiger partial charge in [-0.05, 0) is 24.3 Å². The number of hydrogen-bond acceptors (Lipinski definition) is 4. The van der Waals surface area contributed by atoms with Gasteiger partial charge in [0.25, 0.3) is 0 Å². The predicted molar refractivity (Wildman–Crippen MR) is 64.4 cm³/mol. The third-order valence-corrected chi connectivity index (χ3v) is 3.47. The summed E-state index contributed by atoms with van der Waals surface area (Å²) in [5.74, 6) is 0. The topological polar surface area (TPSA) is 61.8 Å². The molecule has 0 radical (unpaired) electrons. The van der Waals surface area contributed by atoms with E-state index in [0.29, 0.717) is 5.56 Å². The Bertz CT molecular complexity index is 554. The van der Waals surface area contributed by atoms with Gasteiger partial charge in [0.2, 0.25) is 0 Å². The fraction of sp³-hybridized carbons (Fsp3) is 0.167. The number of aromatic nitrogens is 2. The van der Waals surface area contributed by atoms with E-state index in [0.717, 1.165) is 15.7 Å². The van der Waals surface area contributed by atoms with E-state index in [1.807, 2.05) is 23.7 Å². The van der Waals surface area contributed by atoms with Crippen LogP contribution in [0.25, 0.3) is 0 Å². The molecule has 0 aliphatic heterocycles. The van der Waals surface area contributed by atoms with Crippen molar-refractivity contribution in [2.24, 2.45) is 7.05 Å². The molecule has 0 saturated heterocycles. The first-order valence-electron chi connectivity index (χ1n) is 5.04. The maximum absolute atomic E-state index is 9.06. The molecule has 2 rings (SSSR count). The zero-order chi connectivity index (χ0) is 12.3. The third kappa shape index (κ3) is 2.49. The van der Waals surface area contributed by atoms with E-state index in [-0.39, 0.29) is 6.61 Å². The molecule has 0 fully saturated rings. The van der Waals surface area contributed by atoms with Gasteiger partial charge in [-0.3, -0.25) is 0 Å². The van der Waals surface area contributed by atoms with E-state index in [2.05, 4.69) is 11.1 Å². The van der Waals surface area contributed by atoms with Crippen LogP contribution in [0.15, 0.2) is 40.5 Å². The van der Waals surface area contributed by atoms with Crippen LogP contribution < -0.4 is 0 Å². The monoisotopic (exact) mass is 245 g/mol. The van der Waals surface area contributed by atoms with Crippen molar-refractivity contribution in [1.29, 1.82) is 5.26 Å². The fourth-order valence-electron chi connectivity index (χ4n) is 1.37. The summed E-state index contributed by atoms with van der Waals surface area (Å²) in [6.07, 6.45) is 1.66. The van der Waals surface area contributed by atoms with Crippen molar-refractivity contribution in [2.45, 2.75) is 16.7 Å². The first-order chi connectivity index (χ1) is 8.24. The standard InChI is InChI=1S/C12H11N3OS/c1-15-10(8-16)7-14-12(15)17-11-4-2-9(6-13)3-5-11/h2-5,7,16H,8H2,1H3. The first-order valence-corrected chi connectivity index (χ1v) is 5.85. The van der Waals surface area contributed by atoms with Crippen molar-refractivity contribution in [3.8, 4) is 6.07 Å². The molecule has 2 aromatic rings. The van der Waals surface area contributed by atoms with E-state index < -0.39 is 0 Å². The second-order valence-corrected chi connectivity index (χ2v) is 4.53.